The quantitative estimate of drug-likeness (QED) is 0.453. The molecule has 0 unspecified atom stereocenters. The Kier molecular flexibility index (Phi) is 5.07. The number of rotatable bonds is 5. The van der Waals surface area contributed by atoms with Crippen molar-refractivity contribution in [2.24, 2.45) is 0 Å². The lowest BCUT2D eigenvalue weighted by Crippen LogP contribution is -2.11. The molecule has 2 aromatic heterocycles. The van der Waals surface area contributed by atoms with Crippen LogP contribution < -0.4 is 0 Å². The number of hydrogen-bond donors (Lipinski definition) is 1. The number of para-hydroxylation sites is 1. The molecule has 0 saturated heterocycles. The molecule has 6 heteroatoms. The molecule has 4 aromatic rings. The smallest absolute Gasteiger partial charge is 0.353 e. The Hall–Kier alpha value is -3.18. The summed E-state index contributed by atoms with van der Waals surface area (Å²) in [7, 11) is 0. The van der Waals surface area contributed by atoms with Gasteiger partial charge in [-0.2, -0.15) is 0 Å². The molecule has 29 heavy (non-hydrogen) atoms. The van der Waals surface area contributed by atoms with E-state index in [4.69, 9.17) is 11.6 Å². The van der Waals surface area contributed by atoms with Gasteiger partial charge in [-0.25, -0.2) is 9.18 Å². The predicted octanol–water partition coefficient (Wildman–Crippen LogP) is 5.80. The summed E-state index contributed by atoms with van der Waals surface area (Å²) in [6.07, 6.45) is 2.18. The van der Waals surface area contributed by atoms with Crippen LogP contribution in [0.15, 0.2) is 60.8 Å². The topological polar surface area (TPSA) is 55.1 Å². The number of hydrogen-bond acceptors (Lipinski definition) is 2. The van der Waals surface area contributed by atoms with E-state index < -0.39 is 5.97 Å². The largest absolute Gasteiger partial charge is 0.477 e. The fourth-order valence-corrected chi connectivity index (χ4v) is 3.88. The first-order valence-electron chi connectivity index (χ1n) is 9.24. The summed E-state index contributed by atoms with van der Waals surface area (Å²) in [5.41, 5.74) is 3.21. The third kappa shape index (κ3) is 3.38. The molecule has 2 heterocycles. The van der Waals surface area contributed by atoms with E-state index in [1.807, 2.05) is 31.2 Å². The van der Waals surface area contributed by atoms with E-state index in [0.29, 0.717) is 33.7 Å². The van der Waals surface area contributed by atoms with Crippen LogP contribution in [-0.4, -0.2) is 20.6 Å². The van der Waals surface area contributed by atoms with Crippen LogP contribution in [0.1, 0.15) is 28.7 Å². The molecule has 2 aromatic carbocycles. The highest BCUT2D eigenvalue weighted by atomic mass is 35.5. The summed E-state index contributed by atoms with van der Waals surface area (Å²) in [6, 6.07) is 15.5. The zero-order valence-corrected chi connectivity index (χ0v) is 16.4. The number of aromatic nitrogens is 2. The van der Waals surface area contributed by atoms with E-state index in [0.717, 1.165) is 11.1 Å². The molecule has 0 radical (unpaired) electrons. The van der Waals surface area contributed by atoms with Gasteiger partial charge in [-0.15, -0.1) is 0 Å². The fourth-order valence-electron chi connectivity index (χ4n) is 3.73. The second-order valence-corrected chi connectivity index (χ2v) is 7.16. The van der Waals surface area contributed by atoms with Gasteiger partial charge < -0.3 is 9.67 Å². The Morgan fingerprint density at radius 1 is 1.17 bits per heavy atom. The lowest BCUT2D eigenvalue weighted by Gasteiger charge is -2.11. The molecule has 4 nitrogen and oxygen atoms in total. The fraction of sp³-hybridized carbons (Fsp3) is 0.130. The highest BCUT2D eigenvalue weighted by Gasteiger charge is 2.25. The molecule has 0 saturated carbocycles. The lowest BCUT2D eigenvalue weighted by molar-refractivity contribution is 0.0687. The van der Waals surface area contributed by atoms with E-state index in [9.17, 15) is 14.3 Å². The van der Waals surface area contributed by atoms with Crippen LogP contribution >= 0.6 is 11.6 Å². The molecule has 0 aliphatic heterocycles. The number of benzene rings is 2. The van der Waals surface area contributed by atoms with Crippen molar-refractivity contribution < 1.29 is 14.3 Å². The van der Waals surface area contributed by atoms with Gasteiger partial charge in [0.15, 0.2) is 0 Å². The molecule has 4 rings (SSSR count). The predicted molar refractivity (Wildman–Crippen MR) is 112 cm³/mol. The van der Waals surface area contributed by atoms with Crippen molar-refractivity contribution in [1.82, 2.24) is 9.55 Å². The van der Waals surface area contributed by atoms with Gasteiger partial charge in [-0.3, -0.25) is 4.98 Å². The monoisotopic (exact) mass is 408 g/mol. The molecule has 0 amide bonds. The minimum atomic E-state index is -1.09. The summed E-state index contributed by atoms with van der Waals surface area (Å²) >= 11 is 6.20. The normalized spacial score (nSPS) is 11.1. The molecule has 0 bridgehead atoms. The molecule has 0 spiro atoms. The standard InChI is InChI=1S/C23H18ClFN2O2/c1-2-19-17(11-15(24)12-26-19)21-16-8-4-6-10-20(16)27(22(21)23(28)29)13-14-7-3-5-9-18(14)25/h3-12H,2,13H2,1H3,(H,28,29). The average Bonchev–Trinajstić information content (AvgIpc) is 3.04. The van der Waals surface area contributed by atoms with Gasteiger partial charge in [0.1, 0.15) is 11.5 Å². The molecule has 0 aliphatic carbocycles. The maximum atomic E-state index is 14.3. The Morgan fingerprint density at radius 3 is 2.62 bits per heavy atom. The van der Waals surface area contributed by atoms with Crippen LogP contribution in [0, 0.1) is 5.82 Å². The number of carboxylic acid groups (broad SMARTS) is 1. The van der Waals surface area contributed by atoms with Gasteiger partial charge in [0.25, 0.3) is 0 Å². The molecule has 0 fully saturated rings. The minimum absolute atomic E-state index is 0.0909. The van der Waals surface area contributed by atoms with E-state index in [1.165, 1.54) is 6.07 Å². The second-order valence-electron chi connectivity index (χ2n) is 6.72. The average molecular weight is 409 g/mol. The summed E-state index contributed by atoms with van der Waals surface area (Å²) < 4.78 is 16.0. The van der Waals surface area contributed by atoms with Crippen molar-refractivity contribution in [3.63, 3.8) is 0 Å². The number of halogens is 2. The lowest BCUT2D eigenvalue weighted by atomic mass is 9.99. The summed E-state index contributed by atoms with van der Waals surface area (Å²) in [5.74, 6) is -1.46. The van der Waals surface area contributed by atoms with Crippen LogP contribution in [0.3, 0.4) is 0 Å². The number of carboxylic acids is 1. The van der Waals surface area contributed by atoms with Gasteiger partial charge >= 0.3 is 5.97 Å². The van der Waals surface area contributed by atoms with Crippen molar-refractivity contribution in [2.75, 3.05) is 0 Å². The van der Waals surface area contributed by atoms with Crippen molar-refractivity contribution in [3.05, 3.63) is 88.6 Å². The summed E-state index contributed by atoms with van der Waals surface area (Å²) in [5, 5.41) is 11.3. The van der Waals surface area contributed by atoms with Gasteiger partial charge in [-0.1, -0.05) is 54.9 Å². The van der Waals surface area contributed by atoms with Crippen LogP contribution in [-0.2, 0) is 13.0 Å². The van der Waals surface area contributed by atoms with Gasteiger partial charge in [0.05, 0.1) is 11.6 Å². The van der Waals surface area contributed by atoms with E-state index in [-0.39, 0.29) is 18.1 Å². The Bertz CT molecular complexity index is 1230. The Morgan fingerprint density at radius 2 is 1.90 bits per heavy atom. The number of pyridine rings is 1. The summed E-state index contributed by atoms with van der Waals surface area (Å²) in [4.78, 5) is 16.8. The maximum Gasteiger partial charge on any atom is 0.353 e. The second kappa shape index (κ2) is 7.68. The van der Waals surface area contributed by atoms with Crippen molar-refractivity contribution in [1.29, 1.82) is 0 Å². The zero-order valence-electron chi connectivity index (χ0n) is 15.7. The third-order valence-corrected chi connectivity index (χ3v) is 5.21. The van der Waals surface area contributed by atoms with Gasteiger partial charge in [0, 0.05) is 39.5 Å². The number of carbonyl (C=O) groups is 1. The number of aryl methyl sites for hydroxylation is 1. The first-order chi connectivity index (χ1) is 14.0. The highest BCUT2D eigenvalue weighted by Crippen LogP contribution is 2.38. The van der Waals surface area contributed by atoms with Crippen molar-refractivity contribution >= 4 is 28.5 Å². The van der Waals surface area contributed by atoms with E-state index >= 15 is 0 Å². The number of aromatic carboxylic acids is 1. The first kappa shape index (κ1) is 19.2. The van der Waals surface area contributed by atoms with Gasteiger partial charge in [0.2, 0.25) is 0 Å². The zero-order chi connectivity index (χ0) is 20.5. The minimum Gasteiger partial charge on any atom is -0.477 e. The SMILES string of the molecule is CCc1ncc(Cl)cc1-c1c(C(=O)O)n(Cc2ccccc2F)c2ccccc12. The Labute approximate surface area is 172 Å². The molecule has 146 valence electrons. The van der Waals surface area contributed by atoms with Crippen LogP contribution in [0.25, 0.3) is 22.0 Å². The molecular formula is C23H18ClFN2O2. The van der Waals surface area contributed by atoms with E-state index in [1.54, 1.807) is 35.0 Å². The maximum absolute atomic E-state index is 14.3. The van der Waals surface area contributed by atoms with Crippen molar-refractivity contribution in [2.45, 2.75) is 19.9 Å². The van der Waals surface area contributed by atoms with Crippen LogP contribution in [0.2, 0.25) is 5.02 Å². The van der Waals surface area contributed by atoms with Gasteiger partial charge in [-0.05, 0) is 24.6 Å². The molecular weight excluding hydrogens is 391 g/mol. The Balaban J connectivity index is 2.07. The first-order valence-corrected chi connectivity index (χ1v) is 9.61. The van der Waals surface area contributed by atoms with E-state index in [2.05, 4.69) is 4.98 Å². The van der Waals surface area contributed by atoms with Crippen molar-refractivity contribution in [3.8, 4) is 11.1 Å². The number of nitrogens with zero attached hydrogens (tertiary/aromatic N) is 2. The third-order valence-electron chi connectivity index (χ3n) is 5.00. The highest BCUT2D eigenvalue weighted by molar-refractivity contribution is 6.30. The summed E-state index contributed by atoms with van der Waals surface area (Å²) in [6.45, 7) is 2.06. The van der Waals surface area contributed by atoms with Crippen LogP contribution in [0.4, 0.5) is 4.39 Å². The molecule has 1 N–H and O–H groups in total. The van der Waals surface area contributed by atoms with Crippen LogP contribution in [0.5, 0.6) is 0 Å². The molecule has 0 atom stereocenters. The molecule has 0 aliphatic rings. The number of fused-ring (bicyclic) bond motifs is 1.